The number of aromatic amines is 1. The lowest BCUT2D eigenvalue weighted by molar-refractivity contribution is -0.136. The number of aromatic nitrogens is 2. The van der Waals surface area contributed by atoms with E-state index in [9.17, 15) is 9.59 Å². The van der Waals surface area contributed by atoms with Crippen LogP contribution >= 0.6 is 0 Å². The Bertz CT molecular complexity index is 814. The summed E-state index contributed by atoms with van der Waals surface area (Å²) in [6, 6.07) is 0. The number of aliphatic carboxylic acids is 1. The number of carbonyl (C=O) groups excluding carboxylic acids is 1. The molecule has 1 aromatic heterocycles. The molecule has 2 bridgehead atoms. The Labute approximate surface area is 196 Å². The predicted molar refractivity (Wildman–Crippen MR) is 126 cm³/mol. The van der Waals surface area contributed by atoms with E-state index in [2.05, 4.69) is 21.4 Å². The van der Waals surface area contributed by atoms with Crippen molar-refractivity contribution in [2.45, 2.75) is 102 Å². The van der Waals surface area contributed by atoms with Gasteiger partial charge in [-0.05, 0) is 38.0 Å². The standard InChI is InChI=1S/C26H39N3O4/c30-23(31)13-6-2-5-12-19-21-14-15-22(33-21)24(19)25-28-17-20(29-25)26(32)27-16-8-7-11-18-9-3-1-4-10-18/h2,5,17-19,21-22,24H,1,3-4,6-16H2,(H,27,32)(H,28,29)(H,30,31)/b5-2-/t19-,21-,22+,24-/m0/s1. The molecule has 3 heterocycles. The summed E-state index contributed by atoms with van der Waals surface area (Å²) >= 11 is 0. The normalized spacial score (nSPS) is 27.4. The molecule has 0 aromatic carbocycles. The number of carboxylic acid groups (broad SMARTS) is 1. The maximum absolute atomic E-state index is 12.6. The van der Waals surface area contributed by atoms with Crippen molar-refractivity contribution in [2.24, 2.45) is 11.8 Å². The first-order chi connectivity index (χ1) is 16.1. The molecular weight excluding hydrogens is 418 g/mol. The Morgan fingerprint density at radius 2 is 1.94 bits per heavy atom. The minimum absolute atomic E-state index is 0.107. The predicted octanol–water partition coefficient (Wildman–Crippen LogP) is 4.96. The third-order valence-corrected chi connectivity index (χ3v) is 7.72. The number of nitrogens with zero attached hydrogens (tertiary/aromatic N) is 1. The minimum atomic E-state index is -0.772. The number of imidazole rings is 1. The summed E-state index contributed by atoms with van der Waals surface area (Å²) in [5.74, 6) is 1.33. The molecule has 3 aliphatic rings. The van der Waals surface area contributed by atoms with Crippen molar-refractivity contribution in [2.75, 3.05) is 6.54 Å². The summed E-state index contributed by atoms with van der Waals surface area (Å²) < 4.78 is 6.17. The second-order valence-electron chi connectivity index (χ2n) is 10.0. The van der Waals surface area contributed by atoms with E-state index in [1.807, 2.05) is 6.08 Å². The van der Waals surface area contributed by atoms with Gasteiger partial charge in [-0.25, -0.2) is 4.98 Å². The molecule has 7 heteroatoms. The fraction of sp³-hybridized carbons (Fsp3) is 0.731. The van der Waals surface area contributed by atoms with Crippen LogP contribution in [0, 0.1) is 11.8 Å². The van der Waals surface area contributed by atoms with Crippen molar-refractivity contribution in [1.82, 2.24) is 15.3 Å². The number of ether oxygens (including phenoxy) is 1. The molecule has 4 rings (SSSR count). The largest absolute Gasteiger partial charge is 0.481 e. The third kappa shape index (κ3) is 6.46. The molecule has 182 valence electrons. The lowest BCUT2D eigenvalue weighted by Crippen LogP contribution is -2.27. The Hall–Kier alpha value is -2.15. The van der Waals surface area contributed by atoms with Gasteiger partial charge in [-0.15, -0.1) is 0 Å². The Morgan fingerprint density at radius 1 is 1.12 bits per heavy atom. The molecule has 0 unspecified atom stereocenters. The van der Waals surface area contributed by atoms with Crippen molar-refractivity contribution in [3.63, 3.8) is 0 Å². The monoisotopic (exact) mass is 457 g/mol. The van der Waals surface area contributed by atoms with Gasteiger partial charge in [-0.1, -0.05) is 57.1 Å². The van der Waals surface area contributed by atoms with Gasteiger partial charge in [0, 0.05) is 31.0 Å². The summed E-state index contributed by atoms with van der Waals surface area (Å²) in [5, 5.41) is 11.8. The molecular formula is C26H39N3O4. The topological polar surface area (TPSA) is 104 Å². The van der Waals surface area contributed by atoms with Crippen molar-refractivity contribution < 1.29 is 19.4 Å². The van der Waals surface area contributed by atoms with Crippen LogP contribution in [-0.2, 0) is 9.53 Å². The number of carbonyl (C=O) groups is 2. The number of rotatable bonds is 12. The van der Waals surface area contributed by atoms with Crippen LogP contribution in [0.1, 0.15) is 106 Å². The van der Waals surface area contributed by atoms with E-state index in [-0.39, 0.29) is 30.5 Å². The van der Waals surface area contributed by atoms with E-state index in [1.165, 1.54) is 44.9 Å². The molecule has 3 N–H and O–H groups in total. The van der Waals surface area contributed by atoms with Crippen molar-refractivity contribution in [3.05, 3.63) is 29.9 Å². The lowest BCUT2D eigenvalue weighted by Gasteiger charge is -2.25. The molecule has 7 nitrogen and oxygen atoms in total. The van der Waals surface area contributed by atoms with Crippen LogP contribution in [0.25, 0.3) is 0 Å². The highest BCUT2D eigenvalue weighted by Crippen LogP contribution is 2.49. The molecule has 2 aliphatic heterocycles. The Kier molecular flexibility index (Phi) is 8.59. The fourth-order valence-electron chi connectivity index (χ4n) is 5.98. The van der Waals surface area contributed by atoms with E-state index in [4.69, 9.17) is 9.84 Å². The second kappa shape index (κ2) is 11.8. The van der Waals surface area contributed by atoms with E-state index >= 15 is 0 Å². The summed E-state index contributed by atoms with van der Waals surface area (Å²) in [5.41, 5.74) is 0.454. The zero-order chi connectivity index (χ0) is 23.0. The number of unbranched alkanes of at least 4 members (excludes halogenated alkanes) is 1. The Morgan fingerprint density at radius 3 is 2.76 bits per heavy atom. The maximum Gasteiger partial charge on any atom is 0.303 e. The first kappa shape index (κ1) is 24.0. The highest BCUT2D eigenvalue weighted by Gasteiger charge is 2.50. The molecule has 1 aliphatic carbocycles. The lowest BCUT2D eigenvalue weighted by atomic mass is 9.77. The third-order valence-electron chi connectivity index (χ3n) is 7.72. The van der Waals surface area contributed by atoms with Gasteiger partial charge in [0.1, 0.15) is 11.5 Å². The van der Waals surface area contributed by atoms with Gasteiger partial charge in [-0.2, -0.15) is 0 Å². The zero-order valence-electron chi connectivity index (χ0n) is 19.6. The van der Waals surface area contributed by atoms with Crippen LogP contribution < -0.4 is 5.32 Å². The van der Waals surface area contributed by atoms with Crippen LogP contribution in [0.3, 0.4) is 0 Å². The van der Waals surface area contributed by atoms with Crippen LogP contribution in [-0.4, -0.2) is 45.7 Å². The molecule has 0 spiro atoms. The minimum Gasteiger partial charge on any atom is -0.481 e. The van der Waals surface area contributed by atoms with E-state index < -0.39 is 5.97 Å². The van der Waals surface area contributed by atoms with Gasteiger partial charge < -0.3 is 20.1 Å². The van der Waals surface area contributed by atoms with Gasteiger partial charge >= 0.3 is 5.97 Å². The van der Waals surface area contributed by atoms with Crippen LogP contribution in [0.15, 0.2) is 18.3 Å². The Balaban J connectivity index is 1.23. The van der Waals surface area contributed by atoms with Gasteiger partial charge in [0.05, 0.1) is 12.2 Å². The molecule has 0 radical (unpaired) electrons. The smallest absolute Gasteiger partial charge is 0.303 e. The average molecular weight is 458 g/mol. The van der Waals surface area contributed by atoms with Gasteiger partial charge in [0.15, 0.2) is 0 Å². The fourth-order valence-corrected chi connectivity index (χ4v) is 5.98. The van der Waals surface area contributed by atoms with E-state index in [0.717, 1.165) is 37.4 Å². The van der Waals surface area contributed by atoms with Gasteiger partial charge in [-0.3, -0.25) is 9.59 Å². The highest BCUT2D eigenvalue weighted by atomic mass is 16.5. The van der Waals surface area contributed by atoms with Crippen LogP contribution in [0.5, 0.6) is 0 Å². The zero-order valence-corrected chi connectivity index (χ0v) is 19.6. The summed E-state index contributed by atoms with van der Waals surface area (Å²) in [6.45, 7) is 0.703. The van der Waals surface area contributed by atoms with E-state index in [0.29, 0.717) is 24.6 Å². The maximum atomic E-state index is 12.6. The van der Waals surface area contributed by atoms with Crippen LogP contribution in [0.4, 0.5) is 0 Å². The molecule has 1 aromatic rings. The van der Waals surface area contributed by atoms with Crippen molar-refractivity contribution >= 4 is 11.9 Å². The second-order valence-corrected chi connectivity index (χ2v) is 10.0. The van der Waals surface area contributed by atoms with Crippen molar-refractivity contribution in [1.29, 1.82) is 0 Å². The number of carboxylic acids is 1. The van der Waals surface area contributed by atoms with Gasteiger partial charge in [0.2, 0.25) is 0 Å². The van der Waals surface area contributed by atoms with Crippen LogP contribution in [0.2, 0.25) is 0 Å². The van der Waals surface area contributed by atoms with Gasteiger partial charge in [0.25, 0.3) is 5.91 Å². The molecule has 1 saturated carbocycles. The first-order valence-corrected chi connectivity index (χ1v) is 13.0. The number of allylic oxidation sites excluding steroid dienone is 2. The SMILES string of the molecule is O=C(O)CC/C=C\C[C@@H]1[C@H](c2nc(C(=O)NCCCCC3CCCCC3)c[nH]2)[C@H]2CC[C@@H]1O2. The number of fused-ring (bicyclic) bond motifs is 2. The molecule has 3 fully saturated rings. The number of H-pyrrole nitrogens is 1. The van der Waals surface area contributed by atoms with E-state index in [1.54, 1.807) is 6.20 Å². The molecule has 1 amide bonds. The summed E-state index contributed by atoms with van der Waals surface area (Å²) in [6.07, 6.45) is 20.2. The average Bonchev–Trinajstić information content (AvgIpc) is 3.55. The quantitative estimate of drug-likeness (QED) is 0.304. The molecule has 4 atom stereocenters. The van der Waals surface area contributed by atoms with Crippen molar-refractivity contribution in [3.8, 4) is 0 Å². The molecule has 2 saturated heterocycles. The number of amides is 1. The number of nitrogens with one attached hydrogen (secondary N) is 2. The summed E-state index contributed by atoms with van der Waals surface area (Å²) in [4.78, 5) is 31.2. The molecule has 33 heavy (non-hydrogen) atoms. The summed E-state index contributed by atoms with van der Waals surface area (Å²) in [7, 11) is 0. The number of hydrogen-bond acceptors (Lipinski definition) is 4. The number of hydrogen-bond donors (Lipinski definition) is 3. The highest BCUT2D eigenvalue weighted by molar-refractivity contribution is 5.92. The first-order valence-electron chi connectivity index (χ1n) is 13.0.